The topological polar surface area (TPSA) is 202 Å². The van der Waals surface area contributed by atoms with Gasteiger partial charge in [0, 0.05) is 93.9 Å². The highest BCUT2D eigenvalue weighted by Gasteiger charge is 2.31. The zero-order chi connectivity index (χ0) is 54.9. The number of rotatable bonds is 16. The van der Waals surface area contributed by atoms with Crippen LogP contribution in [-0.4, -0.2) is 149 Å². The van der Waals surface area contributed by atoms with Gasteiger partial charge in [-0.25, -0.2) is 9.37 Å². The fraction of sp³-hybridized carbons (Fsp3) is 0.397. The van der Waals surface area contributed by atoms with Gasteiger partial charge in [0.05, 0.1) is 17.8 Å². The first-order chi connectivity index (χ1) is 36.2. The first kappa shape index (κ1) is 60.5. The number of amides is 5. The van der Waals surface area contributed by atoms with Gasteiger partial charge in [-0.1, -0.05) is 108 Å². The third kappa shape index (κ3) is 18.1. The summed E-state index contributed by atoms with van der Waals surface area (Å²) in [5.41, 5.74) is 14.7. The van der Waals surface area contributed by atoms with Gasteiger partial charge in [-0.3, -0.25) is 33.8 Å². The van der Waals surface area contributed by atoms with Gasteiger partial charge in [0.15, 0.2) is 5.69 Å². The monoisotopic (exact) mass is 1050 g/mol. The molecule has 0 bridgehead atoms. The van der Waals surface area contributed by atoms with Crippen LogP contribution in [0.15, 0.2) is 117 Å². The van der Waals surface area contributed by atoms with Crippen molar-refractivity contribution in [2.45, 2.75) is 59.8 Å². The minimum absolute atomic E-state index is 0.00878. The first-order valence-corrected chi connectivity index (χ1v) is 26.4. The molecule has 402 valence electrons. The van der Waals surface area contributed by atoms with Crippen LogP contribution < -0.4 is 16.8 Å². The van der Waals surface area contributed by atoms with Crippen LogP contribution in [0.4, 0.5) is 10.1 Å². The zero-order valence-corrected chi connectivity index (χ0v) is 44.9. The van der Waals surface area contributed by atoms with Crippen molar-refractivity contribution in [3.63, 3.8) is 0 Å². The van der Waals surface area contributed by atoms with Gasteiger partial charge in [-0.15, -0.1) is 11.6 Å². The fourth-order valence-electron chi connectivity index (χ4n) is 8.98. The number of pyridine rings is 1. The number of hydrogen-bond donors (Lipinski definition) is 4. The predicted octanol–water partition coefficient (Wildman–Crippen LogP) is 8.04. The number of piperazine rings is 2. The summed E-state index contributed by atoms with van der Waals surface area (Å²) in [5.74, 6) is -2.18. The number of halogens is 2. The number of nitrogens with two attached hydrogens (primary N) is 2. The second kappa shape index (κ2) is 31.7. The lowest BCUT2D eigenvalue weighted by atomic mass is 9.96. The number of primary amides is 1. The molecule has 4 heterocycles. The Morgan fingerprint density at radius 1 is 0.773 bits per heavy atom. The number of benzene rings is 3. The number of hydrogen-bond acceptors (Lipinski definition) is 10. The smallest absolute Gasteiger partial charge is 0.274 e. The molecule has 75 heavy (non-hydrogen) atoms. The number of piperidine rings is 1. The number of nitrogens with zero attached hydrogens (tertiary/aromatic N) is 6. The number of aromatic nitrogens is 1. The molecule has 7 rings (SSSR count). The molecule has 0 spiro atoms. The Kier molecular flexibility index (Phi) is 25.6. The second-order valence-electron chi connectivity index (χ2n) is 18.0. The molecule has 4 aromatic rings. The van der Waals surface area contributed by atoms with Gasteiger partial charge in [0.2, 0.25) is 17.7 Å². The number of anilines is 1. The fourth-order valence-corrected chi connectivity index (χ4v) is 9.04. The van der Waals surface area contributed by atoms with Crippen LogP contribution in [0.2, 0.25) is 0 Å². The number of carbonyl (C=O) groups excluding carboxylic acids is 5. The van der Waals surface area contributed by atoms with E-state index in [1.54, 1.807) is 57.3 Å². The Bertz CT molecular complexity index is 2600. The van der Waals surface area contributed by atoms with Crippen LogP contribution in [0, 0.1) is 17.1 Å². The molecule has 0 aliphatic carbocycles. The van der Waals surface area contributed by atoms with Crippen molar-refractivity contribution in [2.24, 2.45) is 17.4 Å². The molecule has 3 saturated heterocycles. The number of likely N-dealkylation sites (tertiary alicyclic amines) is 1. The average Bonchev–Trinajstić information content (AvgIpc) is 3.44. The van der Waals surface area contributed by atoms with Crippen molar-refractivity contribution in [2.75, 3.05) is 89.7 Å². The lowest BCUT2D eigenvalue weighted by Gasteiger charge is -2.39. The Morgan fingerprint density at radius 2 is 1.40 bits per heavy atom. The summed E-state index contributed by atoms with van der Waals surface area (Å²) in [6.45, 7) is 21.4. The molecule has 0 radical (unpaired) electrons. The maximum absolute atomic E-state index is 15.0. The molecule has 0 unspecified atom stereocenters. The number of carbonyl (C=O) groups is 5. The van der Waals surface area contributed by atoms with Crippen LogP contribution >= 0.6 is 11.6 Å². The van der Waals surface area contributed by atoms with E-state index in [1.807, 2.05) is 32.1 Å². The largest absolute Gasteiger partial charge is 0.405 e. The molecule has 0 saturated carbocycles. The summed E-state index contributed by atoms with van der Waals surface area (Å²) in [5, 5.41) is 11.4. The van der Waals surface area contributed by atoms with Gasteiger partial charge in [0.25, 0.3) is 11.8 Å². The van der Waals surface area contributed by atoms with Gasteiger partial charge in [-0.2, -0.15) is 0 Å². The quantitative estimate of drug-likeness (QED) is 0.0487. The Balaban J connectivity index is 0.00000101. The Labute approximate surface area is 448 Å². The third-order valence-electron chi connectivity index (χ3n) is 13.0. The summed E-state index contributed by atoms with van der Waals surface area (Å²) in [4.78, 5) is 79.1. The maximum atomic E-state index is 15.0. The molecule has 15 nitrogen and oxygen atoms in total. The molecular weight excluding hydrogens is 971 g/mol. The molecule has 3 fully saturated rings. The molecule has 0 atom stereocenters. The lowest BCUT2D eigenvalue weighted by molar-refractivity contribution is -0.134. The highest BCUT2D eigenvalue weighted by Crippen LogP contribution is 2.27. The van der Waals surface area contributed by atoms with E-state index in [1.165, 1.54) is 30.0 Å². The van der Waals surface area contributed by atoms with Crippen LogP contribution in [0.25, 0.3) is 11.1 Å². The molecule has 3 aliphatic heterocycles. The standard InChI is InChI=1S/C48H55ClFN9O5.C6H10.C2H5N.C2H6/c1-2-32-6-5-7-35(24-32)36-27-42(54-43(60)28-49)45(53-29-36)48(64)59-18-16-56(17-19-59)30-33-12-14-55(15-13-33)31-44(61)57-20-22-58(23-21-57)47(63)39-25-34(10-11-40(39)50)26-41(51)37-8-3-4-9-38(37)46(52)62;1-3-5-6-4-2;1-2-3;1-2/h3-11,24-25,27,29,33,51H,2,12-23,26,28,30-31H2,1H3,(H2,52,62)(H,54,60);3,5-6H,1,4H2,2H3;2H,1,3H2;1-2H3/b;6-5-;;. The van der Waals surface area contributed by atoms with Crippen molar-refractivity contribution in [3.8, 4) is 11.1 Å². The van der Waals surface area contributed by atoms with E-state index in [0.717, 1.165) is 69.5 Å². The number of allylic oxidation sites excluding steroid dienone is 3. The molecule has 6 N–H and O–H groups in total. The normalized spacial score (nSPS) is 15.0. The molecule has 1 aromatic heterocycles. The summed E-state index contributed by atoms with van der Waals surface area (Å²) >= 11 is 5.82. The van der Waals surface area contributed by atoms with E-state index in [4.69, 9.17) is 22.7 Å². The zero-order valence-electron chi connectivity index (χ0n) is 44.2. The average molecular weight is 1050 g/mol. The molecule has 5 amide bonds. The third-order valence-corrected chi connectivity index (χ3v) is 13.2. The molecular formula is C58H76ClFN10O5. The van der Waals surface area contributed by atoms with Crippen molar-refractivity contribution in [1.82, 2.24) is 29.5 Å². The van der Waals surface area contributed by atoms with E-state index in [-0.39, 0.29) is 59.7 Å². The second-order valence-corrected chi connectivity index (χ2v) is 18.3. The van der Waals surface area contributed by atoms with Crippen LogP contribution in [-0.2, 0) is 22.4 Å². The Hall–Kier alpha value is -7.01. The molecule has 17 heteroatoms. The van der Waals surface area contributed by atoms with E-state index in [0.29, 0.717) is 55.5 Å². The first-order valence-electron chi connectivity index (χ1n) is 25.8. The van der Waals surface area contributed by atoms with E-state index in [9.17, 15) is 28.4 Å². The summed E-state index contributed by atoms with van der Waals surface area (Å²) in [6.07, 6.45) is 12.7. The minimum atomic E-state index is -0.661. The molecule has 3 aromatic carbocycles. The van der Waals surface area contributed by atoms with E-state index in [2.05, 4.69) is 71.0 Å². The van der Waals surface area contributed by atoms with Crippen molar-refractivity contribution >= 4 is 52.5 Å². The molecule has 3 aliphatic rings. The minimum Gasteiger partial charge on any atom is -0.405 e. The summed E-state index contributed by atoms with van der Waals surface area (Å²) in [6, 6.07) is 20.6. The number of aryl methyl sites for hydroxylation is 1. The number of nitrogens with one attached hydrogen (secondary N) is 2. The van der Waals surface area contributed by atoms with Crippen molar-refractivity contribution in [1.29, 1.82) is 5.41 Å². The summed E-state index contributed by atoms with van der Waals surface area (Å²) < 4.78 is 15.0. The summed E-state index contributed by atoms with van der Waals surface area (Å²) in [7, 11) is 0. The van der Waals surface area contributed by atoms with Gasteiger partial charge < -0.3 is 36.9 Å². The van der Waals surface area contributed by atoms with Crippen molar-refractivity contribution in [3.05, 3.63) is 156 Å². The predicted molar refractivity (Wildman–Crippen MR) is 300 cm³/mol. The van der Waals surface area contributed by atoms with E-state index < -0.39 is 23.5 Å². The van der Waals surface area contributed by atoms with Crippen LogP contribution in [0.1, 0.15) is 94.9 Å². The lowest BCUT2D eigenvalue weighted by Crippen LogP contribution is -2.53. The van der Waals surface area contributed by atoms with E-state index >= 15 is 0 Å². The SMILES string of the molecule is C=C/C=C\CC.C=CN.CC.CCc1cccc(-c2cnc(C(=O)N3CCN(CC4CCN(CC(=O)N5CCN(C(=O)c6cc(CC(=N)c7ccccc7C(N)=O)ccc6F)CC5)CC4)CC3)c(NC(=O)CCl)c2)c1. The highest BCUT2D eigenvalue weighted by atomic mass is 35.5. The van der Waals surface area contributed by atoms with Crippen LogP contribution in [0.5, 0.6) is 0 Å². The number of alkyl halides is 1. The maximum Gasteiger partial charge on any atom is 0.274 e. The highest BCUT2D eigenvalue weighted by molar-refractivity contribution is 6.29. The van der Waals surface area contributed by atoms with Crippen LogP contribution in [0.3, 0.4) is 0 Å². The van der Waals surface area contributed by atoms with Crippen molar-refractivity contribution < 1.29 is 28.4 Å². The van der Waals surface area contributed by atoms with Gasteiger partial charge in [0.1, 0.15) is 11.7 Å². The Morgan fingerprint density at radius 3 is 2.00 bits per heavy atom. The van der Waals surface area contributed by atoms with Gasteiger partial charge in [-0.05, 0) is 91.8 Å². The van der Waals surface area contributed by atoms with Gasteiger partial charge >= 0.3 is 0 Å².